The first kappa shape index (κ1) is 18.1. The molecule has 0 aliphatic carbocycles. The predicted octanol–water partition coefficient (Wildman–Crippen LogP) is 0.399. The van der Waals surface area contributed by atoms with Crippen LogP contribution in [0.2, 0.25) is 0 Å². The summed E-state index contributed by atoms with van der Waals surface area (Å²) >= 11 is 0. The van der Waals surface area contributed by atoms with Gasteiger partial charge in [0, 0.05) is 32.6 Å². The number of nitrogens with one attached hydrogen (secondary N) is 2. The smallest absolute Gasteiger partial charge is 0.318 e. The second-order valence-electron chi connectivity index (χ2n) is 6.51. The van der Waals surface area contributed by atoms with Gasteiger partial charge < -0.3 is 10.2 Å². The van der Waals surface area contributed by atoms with Crippen molar-refractivity contribution in [1.29, 1.82) is 0 Å². The van der Waals surface area contributed by atoms with Crippen molar-refractivity contribution in [3.05, 3.63) is 11.6 Å². The van der Waals surface area contributed by atoms with E-state index in [4.69, 9.17) is 0 Å². The fraction of sp³-hybridized carbons (Fsp3) is 0.800. The number of fused-ring (bicyclic) bond motifs is 1. The molecule has 10 heteroatoms. The van der Waals surface area contributed by atoms with Crippen LogP contribution in [0.4, 0.5) is 4.79 Å². The zero-order valence-electron chi connectivity index (χ0n) is 14.7. The van der Waals surface area contributed by atoms with Crippen molar-refractivity contribution in [3.8, 4) is 0 Å². The Labute approximate surface area is 148 Å². The van der Waals surface area contributed by atoms with Gasteiger partial charge in [0.15, 0.2) is 5.82 Å². The summed E-state index contributed by atoms with van der Waals surface area (Å²) in [4.78, 5) is 18.7. The molecule has 0 aromatic carbocycles. The second kappa shape index (κ2) is 7.28. The number of amides is 2. The van der Waals surface area contributed by atoms with Gasteiger partial charge >= 0.3 is 6.03 Å². The number of hydrogen-bond acceptors (Lipinski definition) is 5. The molecule has 2 aliphatic rings. The molecule has 0 spiro atoms. The molecule has 2 aliphatic heterocycles. The lowest BCUT2D eigenvalue weighted by Crippen LogP contribution is -2.43. The first-order valence-electron chi connectivity index (χ1n) is 8.92. The quantitative estimate of drug-likeness (QED) is 0.780. The monoisotopic (exact) mass is 370 g/mol. The summed E-state index contributed by atoms with van der Waals surface area (Å²) < 4.78 is 28.6. The van der Waals surface area contributed by atoms with Crippen molar-refractivity contribution in [3.63, 3.8) is 0 Å². The average molecular weight is 370 g/mol. The number of aryl methyl sites for hydroxylation is 2. The first-order valence-corrected chi connectivity index (χ1v) is 10.5. The van der Waals surface area contributed by atoms with E-state index in [1.807, 2.05) is 11.6 Å². The van der Waals surface area contributed by atoms with Crippen LogP contribution in [-0.2, 0) is 23.0 Å². The summed E-state index contributed by atoms with van der Waals surface area (Å²) in [5.74, 6) is 1.58. The Hall–Kier alpha value is -1.68. The van der Waals surface area contributed by atoms with Crippen LogP contribution in [0.5, 0.6) is 0 Å². The molecule has 25 heavy (non-hydrogen) atoms. The maximum atomic E-state index is 12.6. The molecule has 0 saturated carbocycles. The van der Waals surface area contributed by atoms with E-state index in [2.05, 4.69) is 20.1 Å². The Bertz CT molecular complexity index is 732. The third kappa shape index (κ3) is 3.79. The number of carbonyl (C=O) groups excluding carboxylic acids is 1. The van der Waals surface area contributed by atoms with Crippen molar-refractivity contribution < 1.29 is 13.2 Å². The second-order valence-corrected chi connectivity index (χ2v) is 8.55. The summed E-state index contributed by atoms with van der Waals surface area (Å²) in [5.41, 5.74) is 0. The maximum absolute atomic E-state index is 12.6. The SMILES string of the molecule is CCNS(=O)(=O)C1CCN(C(=O)NC2CCCn3nc(CC)nc32)C1. The lowest BCUT2D eigenvalue weighted by atomic mass is 10.1. The zero-order chi connectivity index (χ0) is 18.0. The standard InChI is InChI=1S/C15H26N6O3S/c1-3-13-18-14-12(6-5-8-21(14)19-13)17-15(22)20-9-7-11(10-20)25(23,24)16-4-2/h11-12,16H,3-10H2,1-2H3,(H,17,22). The van der Waals surface area contributed by atoms with Crippen LogP contribution in [0.3, 0.4) is 0 Å². The van der Waals surface area contributed by atoms with Crippen molar-refractivity contribution in [2.75, 3.05) is 19.6 Å². The summed E-state index contributed by atoms with van der Waals surface area (Å²) in [6.45, 7) is 5.61. The summed E-state index contributed by atoms with van der Waals surface area (Å²) in [6, 6.07) is -0.396. The van der Waals surface area contributed by atoms with Gasteiger partial charge in [0.05, 0.1) is 11.3 Å². The van der Waals surface area contributed by atoms with Gasteiger partial charge in [0.25, 0.3) is 0 Å². The van der Waals surface area contributed by atoms with E-state index >= 15 is 0 Å². The van der Waals surface area contributed by atoms with Gasteiger partial charge in [-0.3, -0.25) is 0 Å². The fourth-order valence-electron chi connectivity index (χ4n) is 3.41. The number of nitrogens with zero attached hydrogens (tertiary/aromatic N) is 4. The zero-order valence-corrected chi connectivity index (χ0v) is 15.5. The van der Waals surface area contributed by atoms with Crippen LogP contribution >= 0.6 is 0 Å². The number of likely N-dealkylation sites (tertiary alicyclic amines) is 1. The van der Waals surface area contributed by atoms with Crippen LogP contribution in [0.1, 0.15) is 50.8 Å². The number of sulfonamides is 1. The van der Waals surface area contributed by atoms with E-state index in [1.165, 1.54) is 0 Å². The lowest BCUT2D eigenvalue weighted by Gasteiger charge is -2.26. The third-order valence-corrected chi connectivity index (χ3v) is 6.70. The number of aromatic nitrogens is 3. The first-order chi connectivity index (χ1) is 11.9. The van der Waals surface area contributed by atoms with Gasteiger partial charge in [-0.1, -0.05) is 13.8 Å². The molecule has 1 aromatic rings. The number of carbonyl (C=O) groups is 1. The lowest BCUT2D eigenvalue weighted by molar-refractivity contribution is 0.200. The van der Waals surface area contributed by atoms with Crippen LogP contribution < -0.4 is 10.0 Å². The molecule has 0 bridgehead atoms. The molecule has 2 N–H and O–H groups in total. The highest BCUT2D eigenvalue weighted by Crippen LogP contribution is 2.24. The molecule has 2 amide bonds. The Morgan fingerprint density at radius 3 is 2.80 bits per heavy atom. The van der Waals surface area contributed by atoms with Crippen LogP contribution in [0.25, 0.3) is 0 Å². The van der Waals surface area contributed by atoms with E-state index in [-0.39, 0.29) is 18.6 Å². The molecule has 2 unspecified atom stereocenters. The van der Waals surface area contributed by atoms with E-state index < -0.39 is 15.3 Å². The van der Waals surface area contributed by atoms with E-state index in [0.29, 0.717) is 19.5 Å². The Morgan fingerprint density at radius 2 is 2.08 bits per heavy atom. The van der Waals surface area contributed by atoms with Gasteiger partial charge in [0.1, 0.15) is 5.82 Å². The van der Waals surface area contributed by atoms with Gasteiger partial charge in [-0.15, -0.1) is 0 Å². The predicted molar refractivity (Wildman–Crippen MR) is 92.5 cm³/mol. The highest BCUT2D eigenvalue weighted by atomic mass is 32.2. The average Bonchev–Trinajstić information content (AvgIpc) is 3.22. The summed E-state index contributed by atoms with van der Waals surface area (Å²) in [7, 11) is -3.36. The highest BCUT2D eigenvalue weighted by molar-refractivity contribution is 7.90. The van der Waals surface area contributed by atoms with Gasteiger partial charge in [-0.25, -0.2) is 27.6 Å². The molecule has 3 rings (SSSR count). The van der Waals surface area contributed by atoms with Crippen molar-refractivity contribution >= 4 is 16.1 Å². The fourth-order valence-corrected chi connectivity index (χ4v) is 4.84. The summed E-state index contributed by atoms with van der Waals surface area (Å²) in [5, 5.41) is 6.91. The summed E-state index contributed by atoms with van der Waals surface area (Å²) in [6.07, 6.45) is 2.97. The number of urea groups is 1. The van der Waals surface area contributed by atoms with Gasteiger partial charge in [-0.05, 0) is 19.3 Å². The molecule has 1 aromatic heterocycles. The Kier molecular flexibility index (Phi) is 5.28. The van der Waals surface area contributed by atoms with Crippen LogP contribution in [0, 0.1) is 0 Å². The topological polar surface area (TPSA) is 109 Å². The Morgan fingerprint density at radius 1 is 1.28 bits per heavy atom. The molecular formula is C15H26N6O3S. The minimum absolute atomic E-state index is 0.168. The number of rotatable bonds is 5. The Balaban J connectivity index is 1.63. The van der Waals surface area contributed by atoms with E-state index in [9.17, 15) is 13.2 Å². The van der Waals surface area contributed by atoms with Gasteiger partial charge in [0.2, 0.25) is 10.0 Å². The van der Waals surface area contributed by atoms with Crippen LogP contribution in [-0.4, -0.2) is 59.0 Å². The largest absolute Gasteiger partial charge is 0.328 e. The highest BCUT2D eigenvalue weighted by Gasteiger charge is 2.36. The maximum Gasteiger partial charge on any atom is 0.318 e. The normalized spacial score (nSPS) is 23.5. The van der Waals surface area contributed by atoms with Crippen molar-refractivity contribution in [2.24, 2.45) is 0 Å². The molecular weight excluding hydrogens is 344 g/mol. The molecule has 1 fully saturated rings. The molecule has 3 heterocycles. The molecule has 2 atom stereocenters. The van der Waals surface area contributed by atoms with Crippen molar-refractivity contribution in [2.45, 2.75) is 57.4 Å². The van der Waals surface area contributed by atoms with E-state index in [1.54, 1.807) is 11.8 Å². The molecule has 140 valence electrons. The minimum Gasteiger partial charge on any atom is -0.328 e. The molecule has 9 nitrogen and oxygen atoms in total. The minimum atomic E-state index is -3.36. The molecule has 1 saturated heterocycles. The third-order valence-electron chi connectivity index (χ3n) is 4.75. The molecule has 0 radical (unpaired) electrons. The van der Waals surface area contributed by atoms with Gasteiger partial charge in [-0.2, -0.15) is 5.10 Å². The van der Waals surface area contributed by atoms with Crippen molar-refractivity contribution in [1.82, 2.24) is 29.7 Å². The van der Waals surface area contributed by atoms with E-state index in [0.717, 1.165) is 37.5 Å². The number of hydrogen-bond donors (Lipinski definition) is 2. The van der Waals surface area contributed by atoms with Crippen LogP contribution in [0.15, 0.2) is 0 Å².